The molecule has 112 valence electrons. The van der Waals surface area contributed by atoms with Crippen molar-refractivity contribution in [3.63, 3.8) is 0 Å². The predicted molar refractivity (Wildman–Crippen MR) is 73.4 cm³/mol. The Balaban J connectivity index is 2.27. The number of aliphatic carboxylic acids is 1. The van der Waals surface area contributed by atoms with Crippen molar-refractivity contribution in [1.82, 2.24) is 4.90 Å². The lowest BCUT2D eigenvalue weighted by Crippen LogP contribution is -2.36. The Bertz CT molecular complexity index is 566. The molecule has 1 aromatic rings. The standard InChI is InChI=1S/C15H17NO5/c1-9-3-5-10(6-4-9)13(14(18)19)16-8-11(7-12(16)17)15(20)21-2/h3-6,11,13H,7-8H2,1-2H3,(H,18,19). The van der Waals surface area contributed by atoms with E-state index in [4.69, 9.17) is 0 Å². The average molecular weight is 291 g/mol. The van der Waals surface area contributed by atoms with E-state index in [9.17, 15) is 19.5 Å². The normalized spacial score (nSPS) is 19.4. The lowest BCUT2D eigenvalue weighted by atomic mass is 10.0. The van der Waals surface area contributed by atoms with Crippen LogP contribution in [0.5, 0.6) is 0 Å². The van der Waals surface area contributed by atoms with E-state index in [1.165, 1.54) is 12.0 Å². The highest BCUT2D eigenvalue weighted by atomic mass is 16.5. The van der Waals surface area contributed by atoms with E-state index in [1.807, 2.05) is 6.92 Å². The Kier molecular flexibility index (Phi) is 4.26. The minimum absolute atomic E-state index is 0.0116. The number of rotatable bonds is 4. The van der Waals surface area contributed by atoms with E-state index in [0.717, 1.165) is 5.56 Å². The Morgan fingerprint density at radius 3 is 2.48 bits per heavy atom. The fourth-order valence-corrected chi connectivity index (χ4v) is 2.51. The van der Waals surface area contributed by atoms with Crippen LogP contribution in [0.2, 0.25) is 0 Å². The molecule has 1 aliphatic heterocycles. The molecule has 0 spiro atoms. The number of amides is 1. The van der Waals surface area contributed by atoms with Gasteiger partial charge in [-0.15, -0.1) is 0 Å². The van der Waals surface area contributed by atoms with Crippen molar-refractivity contribution in [3.8, 4) is 0 Å². The Morgan fingerprint density at radius 2 is 1.95 bits per heavy atom. The smallest absolute Gasteiger partial charge is 0.331 e. The van der Waals surface area contributed by atoms with Crippen LogP contribution in [-0.4, -0.2) is 41.5 Å². The maximum atomic E-state index is 12.0. The molecule has 0 radical (unpaired) electrons. The van der Waals surface area contributed by atoms with Gasteiger partial charge in [0.15, 0.2) is 6.04 Å². The highest BCUT2D eigenvalue weighted by Crippen LogP contribution is 2.29. The van der Waals surface area contributed by atoms with Crippen LogP contribution in [0.15, 0.2) is 24.3 Å². The maximum absolute atomic E-state index is 12.0. The summed E-state index contributed by atoms with van der Waals surface area (Å²) < 4.78 is 4.63. The highest BCUT2D eigenvalue weighted by molar-refractivity contribution is 5.90. The minimum Gasteiger partial charge on any atom is -0.479 e. The van der Waals surface area contributed by atoms with Gasteiger partial charge in [0.25, 0.3) is 0 Å². The second kappa shape index (κ2) is 5.95. The van der Waals surface area contributed by atoms with Gasteiger partial charge in [0.05, 0.1) is 13.0 Å². The van der Waals surface area contributed by atoms with Crippen molar-refractivity contribution < 1.29 is 24.2 Å². The molecular formula is C15H17NO5. The van der Waals surface area contributed by atoms with Gasteiger partial charge in [0.1, 0.15) is 0 Å². The molecule has 1 aromatic carbocycles. The summed E-state index contributed by atoms with van der Waals surface area (Å²) in [6, 6.07) is 5.89. The zero-order valence-corrected chi connectivity index (χ0v) is 11.9. The molecule has 0 aliphatic carbocycles. The lowest BCUT2D eigenvalue weighted by Gasteiger charge is -2.25. The van der Waals surface area contributed by atoms with Crippen molar-refractivity contribution in [1.29, 1.82) is 0 Å². The van der Waals surface area contributed by atoms with Crippen LogP contribution >= 0.6 is 0 Å². The second-order valence-electron chi connectivity index (χ2n) is 5.12. The van der Waals surface area contributed by atoms with E-state index in [0.29, 0.717) is 5.56 Å². The van der Waals surface area contributed by atoms with Gasteiger partial charge in [0, 0.05) is 13.0 Å². The van der Waals surface area contributed by atoms with Crippen LogP contribution in [0.4, 0.5) is 0 Å². The van der Waals surface area contributed by atoms with Crippen LogP contribution in [0.25, 0.3) is 0 Å². The minimum atomic E-state index is -1.11. The van der Waals surface area contributed by atoms with Crippen molar-refractivity contribution in [2.24, 2.45) is 5.92 Å². The van der Waals surface area contributed by atoms with Gasteiger partial charge in [-0.05, 0) is 12.5 Å². The number of aryl methyl sites for hydroxylation is 1. The monoisotopic (exact) mass is 291 g/mol. The van der Waals surface area contributed by atoms with Crippen LogP contribution in [-0.2, 0) is 19.1 Å². The molecule has 1 fully saturated rings. The number of nitrogens with zero attached hydrogens (tertiary/aromatic N) is 1. The van der Waals surface area contributed by atoms with Crippen LogP contribution in [0.1, 0.15) is 23.6 Å². The van der Waals surface area contributed by atoms with Crippen LogP contribution in [0, 0.1) is 12.8 Å². The molecule has 1 amide bonds. The van der Waals surface area contributed by atoms with Crippen LogP contribution < -0.4 is 0 Å². The zero-order chi connectivity index (χ0) is 15.6. The first-order valence-electron chi connectivity index (χ1n) is 6.60. The number of esters is 1. The van der Waals surface area contributed by atoms with Crippen molar-refractivity contribution in [2.75, 3.05) is 13.7 Å². The topological polar surface area (TPSA) is 83.9 Å². The van der Waals surface area contributed by atoms with Crippen molar-refractivity contribution >= 4 is 17.8 Å². The summed E-state index contributed by atoms with van der Waals surface area (Å²) in [6.07, 6.45) is -0.0116. The summed E-state index contributed by atoms with van der Waals surface area (Å²) in [5.41, 5.74) is 1.52. The summed E-state index contributed by atoms with van der Waals surface area (Å²) in [7, 11) is 1.25. The van der Waals surface area contributed by atoms with Gasteiger partial charge in [-0.2, -0.15) is 0 Å². The Hall–Kier alpha value is -2.37. The SMILES string of the molecule is COC(=O)C1CC(=O)N(C(C(=O)O)c2ccc(C)cc2)C1. The molecule has 2 rings (SSSR count). The number of hydrogen-bond acceptors (Lipinski definition) is 4. The van der Waals surface area contributed by atoms with Crippen molar-refractivity contribution in [3.05, 3.63) is 35.4 Å². The van der Waals surface area contributed by atoms with Gasteiger partial charge >= 0.3 is 11.9 Å². The summed E-state index contributed by atoms with van der Waals surface area (Å²) in [6.45, 7) is 1.96. The van der Waals surface area contributed by atoms with Crippen molar-refractivity contribution in [2.45, 2.75) is 19.4 Å². The first kappa shape index (κ1) is 15.0. The third kappa shape index (κ3) is 3.04. The molecule has 1 N–H and O–H groups in total. The van der Waals surface area contributed by atoms with Gasteiger partial charge in [-0.25, -0.2) is 4.79 Å². The number of ether oxygens (including phenoxy) is 1. The highest BCUT2D eigenvalue weighted by Gasteiger charge is 2.41. The average Bonchev–Trinajstić information content (AvgIpc) is 2.82. The molecule has 1 saturated heterocycles. The van der Waals surface area contributed by atoms with Gasteiger partial charge in [-0.3, -0.25) is 9.59 Å². The fraction of sp³-hybridized carbons (Fsp3) is 0.400. The number of hydrogen-bond donors (Lipinski definition) is 1. The second-order valence-corrected chi connectivity index (χ2v) is 5.12. The number of likely N-dealkylation sites (tertiary alicyclic amines) is 1. The zero-order valence-electron chi connectivity index (χ0n) is 11.9. The molecule has 0 aromatic heterocycles. The largest absolute Gasteiger partial charge is 0.479 e. The Labute approximate surface area is 122 Å². The van der Waals surface area contributed by atoms with Gasteiger partial charge < -0.3 is 14.7 Å². The predicted octanol–water partition coefficient (Wildman–Crippen LogP) is 1.14. The molecule has 6 nitrogen and oxygen atoms in total. The number of benzene rings is 1. The summed E-state index contributed by atoms with van der Waals surface area (Å²) in [4.78, 5) is 36.4. The molecule has 1 heterocycles. The van der Waals surface area contributed by atoms with Gasteiger partial charge in [0.2, 0.25) is 5.91 Å². The molecule has 1 aliphatic rings. The number of carboxylic acid groups (broad SMARTS) is 1. The molecular weight excluding hydrogens is 274 g/mol. The molecule has 2 atom stereocenters. The summed E-state index contributed by atoms with van der Waals surface area (Å²) >= 11 is 0. The third-order valence-electron chi connectivity index (χ3n) is 3.63. The first-order chi connectivity index (χ1) is 9.93. The molecule has 0 bridgehead atoms. The van der Waals surface area contributed by atoms with Crippen LogP contribution in [0.3, 0.4) is 0 Å². The number of methoxy groups -OCH3 is 1. The summed E-state index contributed by atoms with van der Waals surface area (Å²) in [5.74, 6) is -2.55. The lowest BCUT2D eigenvalue weighted by molar-refractivity contribution is -0.149. The number of carbonyl (C=O) groups excluding carboxylic acids is 2. The first-order valence-corrected chi connectivity index (χ1v) is 6.60. The molecule has 6 heteroatoms. The van der Waals surface area contributed by atoms with E-state index >= 15 is 0 Å². The van der Waals surface area contributed by atoms with E-state index in [-0.39, 0.29) is 18.9 Å². The van der Waals surface area contributed by atoms with Gasteiger partial charge in [-0.1, -0.05) is 29.8 Å². The molecule has 21 heavy (non-hydrogen) atoms. The summed E-state index contributed by atoms with van der Waals surface area (Å²) in [5, 5.41) is 9.45. The molecule has 0 saturated carbocycles. The maximum Gasteiger partial charge on any atom is 0.331 e. The number of carbonyl (C=O) groups is 3. The molecule has 2 unspecified atom stereocenters. The third-order valence-corrected chi connectivity index (χ3v) is 3.63. The quantitative estimate of drug-likeness (QED) is 0.841. The van der Waals surface area contributed by atoms with E-state index < -0.39 is 23.9 Å². The Morgan fingerprint density at radius 1 is 1.33 bits per heavy atom. The fourth-order valence-electron chi connectivity index (χ4n) is 2.51. The van der Waals surface area contributed by atoms with E-state index in [1.54, 1.807) is 24.3 Å². The van der Waals surface area contributed by atoms with E-state index in [2.05, 4.69) is 4.74 Å². The number of carboxylic acids is 1.